The number of amides is 2. The molecule has 2 amide bonds. The first kappa shape index (κ1) is 16.5. The van der Waals surface area contributed by atoms with Gasteiger partial charge >= 0.3 is 0 Å². The molecule has 0 bridgehead atoms. The van der Waals surface area contributed by atoms with Gasteiger partial charge in [-0.25, -0.2) is 0 Å². The molecule has 0 saturated carbocycles. The summed E-state index contributed by atoms with van der Waals surface area (Å²) in [6, 6.07) is 5.03. The second-order valence-corrected chi connectivity index (χ2v) is 4.71. The smallest absolute Gasteiger partial charge is 0.273 e. The van der Waals surface area contributed by atoms with Gasteiger partial charge in [0.15, 0.2) is 0 Å². The highest BCUT2D eigenvalue weighted by Crippen LogP contribution is 2.22. The summed E-state index contributed by atoms with van der Waals surface area (Å²) in [4.78, 5) is 23.4. The minimum Gasteiger partial charge on any atom is -0.496 e. The number of hydrogen-bond donors (Lipinski definition) is 2. The zero-order valence-corrected chi connectivity index (χ0v) is 13.0. The number of nitrogens with one attached hydrogen (secondary N) is 2. The van der Waals surface area contributed by atoms with E-state index in [0.29, 0.717) is 24.5 Å². The molecule has 0 aliphatic carbocycles. The third-order valence-electron chi connectivity index (χ3n) is 2.40. The van der Waals surface area contributed by atoms with Crippen LogP contribution < -0.4 is 15.6 Å². The van der Waals surface area contributed by atoms with Gasteiger partial charge in [-0.15, -0.1) is 0 Å². The van der Waals surface area contributed by atoms with Crippen molar-refractivity contribution in [1.82, 2.24) is 10.9 Å². The lowest BCUT2D eigenvalue weighted by Crippen LogP contribution is -2.42. The molecule has 0 aliphatic heterocycles. The van der Waals surface area contributed by atoms with Crippen molar-refractivity contribution in [3.63, 3.8) is 0 Å². The highest BCUT2D eigenvalue weighted by atomic mass is 79.9. The van der Waals surface area contributed by atoms with Crippen molar-refractivity contribution >= 4 is 27.7 Å². The second-order valence-electron chi connectivity index (χ2n) is 3.79. The van der Waals surface area contributed by atoms with E-state index < -0.39 is 5.91 Å². The predicted molar refractivity (Wildman–Crippen MR) is 77.4 cm³/mol. The molecule has 0 atom stereocenters. The molecule has 0 heterocycles. The van der Waals surface area contributed by atoms with E-state index in [-0.39, 0.29) is 12.3 Å². The quantitative estimate of drug-likeness (QED) is 0.607. The summed E-state index contributed by atoms with van der Waals surface area (Å²) in [7, 11) is 1.47. The Morgan fingerprint density at radius 1 is 1.30 bits per heavy atom. The standard InChI is InChI=1S/C13H17BrN2O4/c1-3-20-7-6-12(17)15-16-13(18)10-8-9(14)4-5-11(10)19-2/h4-5,8H,3,6-7H2,1-2H3,(H,15,17)(H,16,18). The van der Waals surface area contributed by atoms with Gasteiger partial charge in [0.05, 0.1) is 25.7 Å². The Balaban J connectivity index is 2.54. The van der Waals surface area contributed by atoms with Crippen molar-refractivity contribution in [3.8, 4) is 5.75 Å². The molecule has 1 aromatic carbocycles. The Kier molecular flexibility index (Phi) is 7.03. The van der Waals surface area contributed by atoms with Gasteiger partial charge < -0.3 is 9.47 Å². The minimum absolute atomic E-state index is 0.184. The molecule has 0 spiro atoms. The van der Waals surface area contributed by atoms with Gasteiger partial charge in [0.1, 0.15) is 5.75 Å². The fourth-order valence-corrected chi connectivity index (χ4v) is 1.78. The first-order valence-corrected chi connectivity index (χ1v) is 6.88. The van der Waals surface area contributed by atoms with E-state index in [9.17, 15) is 9.59 Å². The summed E-state index contributed by atoms with van der Waals surface area (Å²) in [6.45, 7) is 2.71. The van der Waals surface area contributed by atoms with Crippen molar-refractivity contribution in [2.24, 2.45) is 0 Å². The lowest BCUT2D eigenvalue weighted by Gasteiger charge is -2.10. The Hall–Kier alpha value is -1.60. The van der Waals surface area contributed by atoms with Crippen LogP contribution in [0.3, 0.4) is 0 Å². The SMILES string of the molecule is CCOCCC(=O)NNC(=O)c1cc(Br)ccc1OC. The second kappa shape index (κ2) is 8.55. The van der Waals surface area contributed by atoms with E-state index in [1.165, 1.54) is 7.11 Å². The predicted octanol–water partition coefficient (Wildman–Crippen LogP) is 1.65. The van der Waals surface area contributed by atoms with Gasteiger partial charge in [-0.3, -0.25) is 20.4 Å². The molecule has 0 saturated heterocycles. The summed E-state index contributed by atoms with van der Waals surface area (Å²) in [5.74, 6) is -0.345. The van der Waals surface area contributed by atoms with E-state index in [1.54, 1.807) is 18.2 Å². The molecule has 0 aromatic heterocycles. The summed E-state index contributed by atoms with van der Waals surface area (Å²) in [6.07, 6.45) is 0.184. The monoisotopic (exact) mass is 344 g/mol. The van der Waals surface area contributed by atoms with Crippen LogP contribution in [0.5, 0.6) is 5.75 Å². The van der Waals surface area contributed by atoms with E-state index in [1.807, 2.05) is 6.92 Å². The molecule has 0 fully saturated rings. The van der Waals surface area contributed by atoms with Crippen LogP contribution in [0.15, 0.2) is 22.7 Å². The van der Waals surface area contributed by atoms with Crippen molar-refractivity contribution in [1.29, 1.82) is 0 Å². The van der Waals surface area contributed by atoms with Crippen molar-refractivity contribution < 1.29 is 19.1 Å². The molecular formula is C13H17BrN2O4. The molecule has 20 heavy (non-hydrogen) atoms. The third kappa shape index (κ3) is 5.18. The maximum Gasteiger partial charge on any atom is 0.273 e. The largest absolute Gasteiger partial charge is 0.496 e. The molecule has 6 nitrogen and oxygen atoms in total. The fraction of sp³-hybridized carbons (Fsp3) is 0.385. The van der Waals surface area contributed by atoms with Crippen LogP contribution in [-0.2, 0) is 9.53 Å². The average Bonchev–Trinajstić information content (AvgIpc) is 2.45. The lowest BCUT2D eigenvalue weighted by atomic mass is 10.2. The fourth-order valence-electron chi connectivity index (χ4n) is 1.42. The Bertz CT molecular complexity index is 479. The first-order chi connectivity index (χ1) is 9.58. The van der Waals surface area contributed by atoms with Crippen LogP contribution in [0.2, 0.25) is 0 Å². The molecule has 0 radical (unpaired) electrons. The van der Waals surface area contributed by atoms with Crippen molar-refractivity contribution in [2.45, 2.75) is 13.3 Å². The topological polar surface area (TPSA) is 76.7 Å². The van der Waals surface area contributed by atoms with Gasteiger partial charge in [0.25, 0.3) is 5.91 Å². The van der Waals surface area contributed by atoms with Crippen LogP contribution in [-0.4, -0.2) is 32.1 Å². The number of carbonyl (C=O) groups excluding carboxylic acids is 2. The number of rotatable bonds is 6. The Labute approximate surface area is 125 Å². The first-order valence-electron chi connectivity index (χ1n) is 6.09. The lowest BCUT2D eigenvalue weighted by molar-refractivity contribution is -0.122. The van der Waals surface area contributed by atoms with Crippen molar-refractivity contribution in [2.75, 3.05) is 20.3 Å². The molecule has 0 unspecified atom stereocenters. The molecule has 110 valence electrons. The molecule has 2 N–H and O–H groups in total. The van der Waals surface area contributed by atoms with E-state index in [4.69, 9.17) is 9.47 Å². The molecule has 0 aliphatic rings. The number of ether oxygens (including phenoxy) is 2. The van der Waals surface area contributed by atoms with Gasteiger partial charge in [0.2, 0.25) is 5.91 Å². The van der Waals surface area contributed by atoms with Crippen LogP contribution in [0.1, 0.15) is 23.7 Å². The van der Waals surface area contributed by atoms with Crippen LogP contribution in [0, 0.1) is 0 Å². The van der Waals surface area contributed by atoms with E-state index >= 15 is 0 Å². The summed E-state index contributed by atoms with van der Waals surface area (Å²) in [5, 5.41) is 0. The zero-order chi connectivity index (χ0) is 15.0. The number of halogens is 1. The highest BCUT2D eigenvalue weighted by molar-refractivity contribution is 9.10. The minimum atomic E-state index is -0.451. The highest BCUT2D eigenvalue weighted by Gasteiger charge is 2.13. The van der Waals surface area contributed by atoms with Gasteiger partial charge in [0, 0.05) is 11.1 Å². The third-order valence-corrected chi connectivity index (χ3v) is 2.89. The Morgan fingerprint density at radius 3 is 2.70 bits per heavy atom. The van der Waals surface area contributed by atoms with Crippen LogP contribution in [0.25, 0.3) is 0 Å². The van der Waals surface area contributed by atoms with E-state index in [0.717, 1.165) is 4.47 Å². The summed E-state index contributed by atoms with van der Waals surface area (Å²) in [5.41, 5.74) is 4.98. The van der Waals surface area contributed by atoms with Crippen LogP contribution >= 0.6 is 15.9 Å². The number of hydrazine groups is 1. The Morgan fingerprint density at radius 2 is 2.05 bits per heavy atom. The van der Waals surface area contributed by atoms with Gasteiger partial charge in [-0.2, -0.15) is 0 Å². The average molecular weight is 345 g/mol. The summed E-state index contributed by atoms with van der Waals surface area (Å²) >= 11 is 3.28. The normalized spacial score (nSPS) is 9.95. The molecule has 7 heteroatoms. The maximum atomic E-state index is 12.0. The van der Waals surface area contributed by atoms with E-state index in [2.05, 4.69) is 26.8 Å². The number of methoxy groups -OCH3 is 1. The molecular weight excluding hydrogens is 328 g/mol. The number of carbonyl (C=O) groups is 2. The zero-order valence-electron chi connectivity index (χ0n) is 11.4. The van der Waals surface area contributed by atoms with Gasteiger partial charge in [-0.05, 0) is 25.1 Å². The molecule has 1 rings (SSSR count). The number of benzene rings is 1. The molecule has 1 aromatic rings. The van der Waals surface area contributed by atoms with Crippen LogP contribution in [0.4, 0.5) is 0 Å². The maximum absolute atomic E-state index is 12.0. The van der Waals surface area contributed by atoms with Crippen molar-refractivity contribution in [3.05, 3.63) is 28.2 Å². The number of hydrogen-bond acceptors (Lipinski definition) is 4. The summed E-state index contributed by atoms with van der Waals surface area (Å²) < 4.78 is 10.9. The van der Waals surface area contributed by atoms with Gasteiger partial charge in [-0.1, -0.05) is 15.9 Å².